The second-order valence-corrected chi connectivity index (χ2v) is 8.57. The van der Waals surface area contributed by atoms with Crippen molar-refractivity contribution in [3.63, 3.8) is 0 Å². The summed E-state index contributed by atoms with van der Waals surface area (Å²) in [5, 5.41) is 12.1. The summed E-state index contributed by atoms with van der Waals surface area (Å²) in [6, 6.07) is 14.3. The first-order valence-electron chi connectivity index (χ1n) is 9.95. The molecule has 8 heteroatoms. The van der Waals surface area contributed by atoms with Gasteiger partial charge in [-0.25, -0.2) is 4.39 Å². The van der Waals surface area contributed by atoms with Gasteiger partial charge in [-0.2, -0.15) is 0 Å². The van der Waals surface area contributed by atoms with Crippen LogP contribution in [0.1, 0.15) is 25.9 Å². The Hall–Kier alpha value is -2.68. The summed E-state index contributed by atoms with van der Waals surface area (Å²) in [7, 11) is 0. The Morgan fingerprint density at radius 1 is 1.03 bits per heavy atom. The van der Waals surface area contributed by atoms with Gasteiger partial charge in [0.25, 0.3) is 5.91 Å². The average Bonchev–Trinajstić information content (AvgIpc) is 3.20. The second-order valence-electron chi connectivity index (χ2n) is 7.50. The molecule has 1 aliphatic rings. The van der Waals surface area contributed by atoms with Gasteiger partial charge in [-0.3, -0.25) is 14.6 Å². The number of rotatable bonds is 6. The zero-order chi connectivity index (χ0) is 20.9. The van der Waals surface area contributed by atoms with Crippen LogP contribution in [0.4, 0.5) is 10.1 Å². The van der Waals surface area contributed by atoms with Crippen molar-refractivity contribution in [2.45, 2.75) is 20.0 Å². The fourth-order valence-electron chi connectivity index (χ4n) is 3.49. The predicted octanol–water partition coefficient (Wildman–Crippen LogP) is 3.56. The van der Waals surface area contributed by atoms with Gasteiger partial charge in [0.2, 0.25) is 5.01 Å². The molecule has 0 radical (unpaired) electrons. The van der Waals surface area contributed by atoms with E-state index in [0.717, 1.165) is 37.7 Å². The van der Waals surface area contributed by atoms with Crippen LogP contribution in [-0.4, -0.2) is 52.1 Å². The largest absolute Gasteiger partial charge is 0.320 e. The van der Waals surface area contributed by atoms with Crippen LogP contribution < -0.4 is 5.32 Å². The van der Waals surface area contributed by atoms with Gasteiger partial charge in [0.15, 0.2) is 0 Å². The maximum Gasteiger partial charge on any atom is 0.286 e. The summed E-state index contributed by atoms with van der Waals surface area (Å²) in [5.41, 5.74) is 3.17. The lowest BCUT2D eigenvalue weighted by molar-refractivity contribution is 0.102. The molecule has 2 heterocycles. The number of carbonyl (C=O) groups is 1. The number of halogens is 1. The number of carbonyl (C=O) groups excluding carboxylic acids is 1. The van der Waals surface area contributed by atoms with Crippen molar-refractivity contribution >= 4 is 22.9 Å². The Morgan fingerprint density at radius 2 is 1.73 bits per heavy atom. The van der Waals surface area contributed by atoms with Crippen LogP contribution in [0.2, 0.25) is 0 Å². The molecule has 30 heavy (non-hydrogen) atoms. The zero-order valence-electron chi connectivity index (χ0n) is 16.8. The maximum atomic E-state index is 13.0. The summed E-state index contributed by atoms with van der Waals surface area (Å²) in [6.45, 7) is 7.72. The molecule has 1 aliphatic heterocycles. The number of hydrogen-bond acceptors (Lipinski definition) is 6. The first kappa shape index (κ1) is 20.6. The Bertz CT molecular complexity index is 999. The first-order chi connectivity index (χ1) is 14.5. The van der Waals surface area contributed by atoms with E-state index < -0.39 is 0 Å². The van der Waals surface area contributed by atoms with Gasteiger partial charge in [-0.1, -0.05) is 41.2 Å². The molecular weight excluding hydrogens is 401 g/mol. The number of aryl methyl sites for hydroxylation is 1. The van der Waals surface area contributed by atoms with E-state index >= 15 is 0 Å². The quantitative estimate of drug-likeness (QED) is 0.654. The molecular formula is C22H24FN5OS. The highest BCUT2D eigenvalue weighted by Gasteiger charge is 2.20. The Morgan fingerprint density at radius 3 is 2.43 bits per heavy atom. The van der Waals surface area contributed by atoms with E-state index in [0.29, 0.717) is 17.2 Å². The molecule has 156 valence electrons. The maximum absolute atomic E-state index is 13.0. The number of piperazine rings is 1. The number of aromatic nitrogens is 2. The van der Waals surface area contributed by atoms with Crippen molar-refractivity contribution in [1.82, 2.24) is 20.0 Å². The van der Waals surface area contributed by atoms with E-state index in [4.69, 9.17) is 0 Å². The van der Waals surface area contributed by atoms with Crippen molar-refractivity contribution in [3.05, 3.63) is 75.5 Å². The van der Waals surface area contributed by atoms with Crippen LogP contribution in [0.3, 0.4) is 0 Å². The van der Waals surface area contributed by atoms with E-state index in [1.165, 1.54) is 46.7 Å². The van der Waals surface area contributed by atoms with Crippen LogP contribution in [0.5, 0.6) is 0 Å². The molecule has 0 saturated carbocycles. The highest BCUT2D eigenvalue weighted by atomic mass is 32.1. The summed E-state index contributed by atoms with van der Waals surface area (Å²) >= 11 is 1.30. The number of nitrogens with zero attached hydrogens (tertiary/aromatic N) is 4. The number of hydrogen-bond donors (Lipinski definition) is 1. The molecule has 4 rings (SSSR count). The van der Waals surface area contributed by atoms with Crippen molar-refractivity contribution < 1.29 is 9.18 Å². The molecule has 0 aliphatic carbocycles. The van der Waals surface area contributed by atoms with E-state index in [2.05, 4.69) is 56.5 Å². The van der Waals surface area contributed by atoms with Crippen LogP contribution >= 0.6 is 11.3 Å². The minimum absolute atomic E-state index is 0.312. The van der Waals surface area contributed by atoms with Crippen molar-refractivity contribution in [2.75, 3.05) is 31.5 Å². The highest BCUT2D eigenvalue weighted by molar-refractivity contribution is 7.13. The fourth-order valence-corrected chi connectivity index (χ4v) is 4.27. The summed E-state index contributed by atoms with van der Waals surface area (Å²) in [5.74, 6) is -0.668. The minimum Gasteiger partial charge on any atom is -0.320 e. The van der Waals surface area contributed by atoms with E-state index in [1.54, 1.807) is 0 Å². The Balaban J connectivity index is 1.26. The molecule has 1 fully saturated rings. The number of nitrogens with one attached hydrogen (secondary N) is 1. The standard InChI is InChI=1S/C22H24FN5OS/c1-16-3-2-4-17(13-16)14-27-9-11-28(12-10-27)15-20-25-26-22(30-20)21(29)24-19-7-5-18(23)6-8-19/h2-8,13H,9-12,14-15H2,1H3,(H,24,29). The molecule has 3 aromatic rings. The lowest BCUT2D eigenvalue weighted by atomic mass is 10.1. The fraction of sp³-hybridized carbons (Fsp3) is 0.318. The number of amides is 1. The van der Waals surface area contributed by atoms with Crippen molar-refractivity contribution in [1.29, 1.82) is 0 Å². The van der Waals surface area contributed by atoms with Gasteiger partial charge in [0, 0.05) is 38.4 Å². The van der Waals surface area contributed by atoms with Gasteiger partial charge in [0.1, 0.15) is 10.8 Å². The van der Waals surface area contributed by atoms with Crippen molar-refractivity contribution in [2.24, 2.45) is 0 Å². The average molecular weight is 426 g/mol. The lowest BCUT2D eigenvalue weighted by Gasteiger charge is -2.34. The summed E-state index contributed by atoms with van der Waals surface area (Å²) < 4.78 is 13.0. The van der Waals surface area contributed by atoms with E-state index in [-0.39, 0.29) is 11.7 Å². The molecule has 1 aromatic heterocycles. The van der Waals surface area contributed by atoms with Crippen molar-refractivity contribution in [3.8, 4) is 0 Å². The van der Waals surface area contributed by atoms with Gasteiger partial charge >= 0.3 is 0 Å². The molecule has 0 spiro atoms. The normalized spacial score (nSPS) is 15.3. The van der Waals surface area contributed by atoms with E-state index in [1.807, 2.05) is 0 Å². The molecule has 0 bridgehead atoms. The Labute approximate surface area is 179 Å². The lowest BCUT2D eigenvalue weighted by Crippen LogP contribution is -2.45. The summed E-state index contributed by atoms with van der Waals surface area (Å²) in [4.78, 5) is 17.1. The third-order valence-electron chi connectivity index (χ3n) is 5.08. The predicted molar refractivity (Wildman–Crippen MR) is 116 cm³/mol. The molecule has 1 N–H and O–H groups in total. The van der Waals surface area contributed by atoms with Gasteiger partial charge in [0.05, 0.1) is 6.54 Å². The third kappa shape index (κ3) is 5.47. The number of benzene rings is 2. The van der Waals surface area contributed by atoms with Gasteiger partial charge in [-0.15, -0.1) is 10.2 Å². The SMILES string of the molecule is Cc1cccc(CN2CCN(Cc3nnc(C(=O)Nc4ccc(F)cc4)s3)CC2)c1. The molecule has 6 nitrogen and oxygen atoms in total. The summed E-state index contributed by atoms with van der Waals surface area (Å²) in [6.07, 6.45) is 0. The topological polar surface area (TPSA) is 61.4 Å². The van der Waals surface area contributed by atoms with Crippen LogP contribution in [0.25, 0.3) is 0 Å². The molecule has 2 aromatic carbocycles. The van der Waals surface area contributed by atoms with E-state index in [9.17, 15) is 9.18 Å². The van der Waals surface area contributed by atoms with Crippen LogP contribution in [-0.2, 0) is 13.1 Å². The minimum atomic E-state index is -0.342. The van der Waals surface area contributed by atoms with Crippen LogP contribution in [0, 0.1) is 12.7 Å². The molecule has 0 atom stereocenters. The van der Waals surface area contributed by atoms with Crippen LogP contribution in [0.15, 0.2) is 48.5 Å². The zero-order valence-corrected chi connectivity index (χ0v) is 17.7. The molecule has 0 unspecified atom stereocenters. The molecule has 1 amide bonds. The third-order valence-corrected chi connectivity index (χ3v) is 5.98. The monoisotopic (exact) mass is 425 g/mol. The van der Waals surface area contributed by atoms with Gasteiger partial charge in [-0.05, 0) is 36.8 Å². The second kappa shape index (κ2) is 9.42. The highest BCUT2D eigenvalue weighted by Crippen LogP contribution is 2.17. The molecule has 1 saturated heterocycles. The van der Waals surface area contributed by atoms with Gasteiger partial charge < -0.3 is 5.32 Å². The Kier molecular flexibility index (Phi) is 6.47. The number of anilines is 1. The first-order valence-corrected chi connectivity index (χ1v) is 10.8. The smallest absolute Gasteiger partial charge is 0.286 e.